The Morgan fingerprint density at radius 3 is 2.79 bits per heavy atom. The number of aliphatic hydroxyl groups excluding tert-OH is 1. The normalized spacial score (nSPS) is 14.1. The Hall–Kier alpha value is -1.10. The second-order valence-electron chi connectivity index (χ2n) is 4.75. The lowest BCUT2D eigenvalue weighted by atomic mass is 10.1. The molecule has 0 saturated heterocycles. The summed E-state index contributed by atoms with van der Waals surface area (Å²) >= 11 is 0. The molecule has 0 heterocycles. The quantitative estimate of drug-likeness (QED) is 0.674. The highest BCUT2D eigenvalue weighted by Crippen LogP contribution is 2.17. The van der Waals surface area contributed by atoms with Crippen LogP contribution < -0.4 is 10.5 Å². The zero-order valence-corrected chi connectivity index (χ0v) is 11.8. The first kappa shape index (κ1) is 16.0. The molecular weight excluding hydrogens is 242 g/mol. The van der Waals surface area contributed by atoms with Gasteiger partial charge in [-0.25, -0.2) is 0 Å². The van der Waals surface area contributed by atoms with Gasteiger partial charge < -0.3 is 20.3 Å². The van der Waals surface area contributed by atoms with E-state index in [1.165, 1.54) is 0 Å². The van der Waals surface area contributed by atoms with Gasteiger partial charge >= 0.3 is 0 Å². The van der Waals surface area contributed by atoms with Crippen molar-refractivity contribution in [2.75, 3.05) is 19.8 Å². The molecule has 0 bridgehead atoms. The van der Waals surface area contributed by atoms with Crippen molar-refractivity contribution in [1.29, 1.82) is 0 Å². The molecule has 0 aliphatic carbocycles. The third-order valence-electron chi connectivity index (χ3n) is 2.78. The smallest absolute Gasteiger partial charge is 0.119 e. The van der Waals surface area contributed by atoms with E-state index in [1.54, 1.807) is 0 Å². The van der Waals surface area contributed by atoms with Crippen molar-refractivity contribution in [3.05, 3.63) is 29.8 Å². The summed E-state index contributed by atoms with van der Waals surface area (Å²) in [6.45, 7) is 5.26. The van der Waals surface area contributed by atoms with Gasteiger partial charge in [0.25, 0.3) is 0 Å². The second kappa shape index (κ2) is 8.91. The van der Waals surface area contributed by atoms with Gasteiger partial charge in [-0.2, -0.15) is 0 Å². The number of rotatable bonds is 9. The number of aliphatic hydroxyl groups is 1. The van der Waals surface area contributed by atoms with Crippen LogP contribution in [0.3, 0.4) is 0 Å². The van der Waals surface area contributed by atoms with Crippen molar-refractivity contribution in [2.45, 2.75) is 38.8 Å². The van der Waals surface area contributed by atoms with Gasteiger partial charge in [-0.15, -0.1) is 0 Å². The lowest BCUT2D eigenvalue weighted by Gasteiger charge is -2.14. The molecule has 2 unspecified atom stereocenters. The van der Waals surface area contributed by atoms with Crippen molar-refractivity contribution in [3.63, 3.8) is 0 Å². The molecule has 0 aliphatic rings. The number of nitrogens with two attached hydrogens (primary N) is 1. The number of ether oxygens (including phenoxy) is 2. The molecule has 0 spiro atoms. The van der Waals surface area contributed by atoms with Gasteiger partial charge in [-0.05, 0) is 31.0 Å². The van der Waals surface area contributed by atoms with Gasteiger partial charge in [0.2, 0.25) is 0 Å². The predicted molar refractivity (Wildman–Crippen MR) is 76.3 cm³/mol. The molecule has 1 aromatic rings. The number of hydrogen-bond donors (Lipinski definition) is 2. The first-order valence-corrected chi connectivity index (χ1v) is 6.87. The van der Waals surface area contributed by atoms with Crippen LogP contribution in [0.4, 0.5) is 0 Å². The Bertz CT molecular complexity index is 355. The molecule has 1 rings (SSSR count). The van der Waals surface area contributed by atoms with Gasteiger partial charge in [0.1, 0.15) is 18.5 Å². The molecule has 0 saturated carbocycles. The van der Waals surface area contributed by atoms with Crippen LogP contribution in [0.5, 0.6) is 5.75 Å². The Labute approximate surface area is 115 Å². The summed E-state index contributed by atoms with van der Waals surface area (Å²) in [5, 5.41) is 9.71. The summed E-state index contributed by atoms with van der Waals surface area (Å²) < 4.78 is 10.9. The van der Waals surface area contributed by atoms with Crippen molar-refractivity contribution >= 4 is 0 Å². The maximum Gasteiger partial charge on any atom is 0.119 e. The molecule has 0 radical (unpaired) electrons. The fourth-order valence-electron chi connectivity index (χ4n) is 1.59. The monoisotopic (exact) mass is 267 g/mol. The van der Waals surface area contributed by atoms with E-state index in [2.05, 4.69) is 6.92 Å². The summed E-state index contributed by atoms with van der Waals surface area (Å²) in [6.07, 6.45) is 1.51. The van der Waals surface area contributed by atoms with Crippen LogP contribution >= 0.6 is 0 Å². The molecule has 4 heteroatoms. The molecule has 2 atom stereocenters. The van der Waals surface area contributed by atoms with Gasteiger partial charge in [0.15, 0.2) is 0 Å². The molecule has 3 N–H and O–H groups in total. The van der Waals surface area contributed by atoms with Crippen LogP contribution in [0.25, 0.3) is 0 Å². The van der Waals surface area contributed by atoms with Crippen molar-refractivity contribution < 1.29 is 14.6 Å². The van der Waals surface area contributed by atoms with E-state index in [4.69, 9.17) is 15.2 Å². The fourth-order valence-corrected chi connectivity index (χ4v) is 1.59. The van der Waals surface area contributed by atoms with E-state index >= 15 is 0 Å². The number of unbranched alkanes of at least 4 members (excludes halogenated alkanes) is 1. The summed E-state index contributed by atoms with van der Waals surface area (Å²) in [6, 6.07) is 7.59. The zero-order valence-electron chi connectivity index (χ0n) is 11.8. The molecular formula is C15H25NO3. The van der Waals surface area contributed by atoms with Gasteiger partial charge in [0, 0.05) is 12.6 Å². The summed E-state index contributed by atoms with van der Waals surface area (Å²) in [7, 11) is 0. The van der Waals surface area contributed by atoms with E-state index in [9.17, 15) is 5.11 Å². The largest absolute Gasteiger partial charge is 0.491 e. The number of benzene rings is 1. The molecule has 0 amide bonds. The summed E-state index contributed by atoms with van der Waals surface area (Å²) in [4.78, 5) is 0. The van der Waals surface area contributed by atoms with E-state index in [0.717, 1.165) is 24.2 Å². The molecule has 0 aromatic heterocycles. The zero-order chi connectivity index (χ0) is 14.1. The van der Waals surface area contributed by atoms with E-state index in [1.807, 2.05) is 31.2 Å². The third-order valence-corrected chi connectivity index (χ3v) is 2.78. The summed E-state index contributed by atoms with van der Waals surface area (Å²) in [5.74, 6) is 0.724. The van der Waals surface area contributed by atoms with Crippen LogP contribution in [0.15, 0.2) is 24.3 Å². The molecule has 0 aliphatic heterocycles. The Morgan fingerprint density at radius 2 is 2.11 bits per heavy atom. The minimum Gasteiger partial charge on any atom is -0.491 e. The first-order valence-electron chi connectivity index (χ1n) is 6.87. The highest BCUT2D eigenvalue weighted by molar-refractivity contribution is 5.30. The standard InChI is InChI=1S/C15H25NO3/c1-3-4-8-18-10-14(17)11-19-15-7-5-6-13(9-15)12(2)16/h5-7,9,12,14,17H,3-4,8,10-11,16H2,1-2H3. The summed E-state index contributed by atoms with van der Waals surface area (Å²) in [5.41, 5.74) is 6.83. The number of hydrogen-bond acceptors (Lipinski definition) is 4. The van der Waals surface area contributed by atoms with Crippen LogP contribution in [0, 0.1) is 0 Å². The van der Waals surface area contributed by atoms with Gasteiger partial charge in [-0.3, -0.25) is 0 Å². The minimum atomic E-state index is -0.601. The second-order valence-corrected chi connectivity index (χ2v) is 4.75. The first-order chi connectivity index (χ1) is 9.13. The van der Waals surface area contributed by atoms with Crippen molar-refractivity contribution in [2.24, 2.45) is 5.73 Å². The average Bonchev–Trinajstić information content (AvgIpc) is 2.41. The van der Waals surface area contributed by atoms with Gasteiger partial charge in [0.05, 0.1) is 6.61 Å². The third kappa shape index (κ3) is 6.57. The maximum atomic E-state index is 9.71. The molecule has 0 fully saturated rings. The molecule has 1 aromatic carbocycles. The molecule has 19 heavy (non-hydrogen) atoms. The highest BCUT2D eigenvalue weighted by atomic mass is 16.5. The highest BCUT2D eigenvalue weighted by Gasteiger charge is 2.06. The van der Waals surface area contributed by atoms with Crippen LogP contribution in [0.2, 0.25) is 0 Å². The Morgan fingerprint density at radius 1 is 1.32 bits per heavy atom. The Balaban J connectivity index is 2.29. The van der Waals surface area contributed by atoms with E-state index in [0.29, 0.717) is 13.2 Å². The molecule has 4 nitrogen and oxygen atoms in total. The maximum absolute atomic E-state index is 9.71. The van der Waals surface area contributed by atoms with E-state index in [-0.39, 0.29) is 12.6 Å². The minimum absolute atomic E-state index is 0.0224. The fraction of sp³-hybridized carbons (Fsp3) is 0.600. The van der Waals surface area contributed by atoms with Crippen molar-refractivity contribution in [1.82, 2.24) is 0 Å². The predicted octanol–water partition coefficient (Wildman–Crippen LogP) is 2.26. The molecule has 108 valence electrons. The average molecular weight is 267 g/mol. The van der Waals surface area contributed by atoms with Crippen LogP contribution in [-0.4, -0.2) is 31.0 Å². The van der Waals surface area contributed by atoms with E-state index < -0.39 is 6.10 Å². The topological polar surface area (TPSA) is 64.7 Å². The Kier molecular flexibility index (Phi) is 7.48. The van der Waals surface area contributed by atoms with Crippen LogP contribution in [0.1, 0.15) is 38.3 Å². The van der Waals surface area contributed by atoms with Crippen molar-refractivity contribution in [3.8, 4) is 5.75 Å². The van der Waals surface area contributed by atoms with Crippen LogP contribution in [-0.2, 0) is 4.74 Å². The lowest BCUT2D eigenvalue weighted by Crippen LogP contribution is -2.23. The van der Waals surface area contributed by atoms with Gasteiger partial charge in [-0.1, -0.05) is 25.5 Å². The lowest BCUT2D eigenvalue weighted by molar-refractivity contribution is 0.0113. The SMILES string of the molecule is CCCCOCC(O)COc1cccc(C(C)N)c1.